The predicted octanol–water partition coefficient (Wildman–Crippen LogP) is 2.86. The summed E-state index contributed by atoms with van der Waals surface area (Å²) in [6.07, 6.45) is 3.04. The van der Waals surface area contributed by atoms with Crippen LogP contribution in [-0.4, -0.2) is 20.6 Å². The Hall–Kier alpha value is -2.73. The van der Waals surface area contributed by atoms with Gasteiger partial charge in [0.1, 0.15) is 22.5 Å². The van der Waals surface area contributed by atoms with Crippen molar-refractivity contribution >= 4 is 27.9 Å². The van der Waals surface area contributed by atoms with Crippen LogP contribution in [0.3, 0.4) is 0 Å². The number of thiophene rings is 1. The van der Waals surface area contributed by atoms with Gasteiger partial charge in [0.05, 0.1) is 17.0 Å². The van der Waals surface area contributed by atoms with E-state index >= 15 is 0 Å². The molecule has 1 amide bonds. The van der Waals surface area contributed by atoms with Gasteiger partial charge in [0.2, 0.25) is 5.91 Å². The van der Waals surface area contributed by atoms with Crippen LogP contribution in [0.15, 0.2) is 0 Å². The van der Waals surface area contributed by atoms with Crippen molar-refractivity contribution in [1.82, 2.24) is 9.78 Å². The maximum atomic E-state index is 12.2. The van der Waals surface area contributed by atoms with Gasteiger partial charge in [0.15, 0.2) is 0 Å². The van der Waals surface area contributed by atoms with E-state index in [1.807, 2.05) is 0 Å². The summed E-state index contributed by atoms with van der Waals surface area (Å²) in [6, 6.07) is 2.19. The molecule has 0 saturated heterocycles. The first-order chi connectivity index (χ1) is 11.9. The lowest BCUT2D eigenvalue weighted by Crippen LogP contribution is -2.15. The minimum absolute atomic E-state index is 0.0122. The maximum Gasteiger partial charge on any atom is 0.312 e. The summed E-state index contributed by atoms with van der Waals surface area (Å²) in [7, 11) is 0. The Kier molecular flexibility index (Phi) is 4.55. The molecule has 1 aliphatic carbocycles. The highest BCUT2D eigenvalue weighted by molar-refractivity contribution is 7.16. The molecule has 3 rings (SSSR count). The largest absolute Gasteiger partial charge is 0.317 e. The summed E-state index contributed by atoms with van der Waals surface area (Å²) in [4.78, 5) is 24.0. The summed E-state index contributed by atoms with van der Waals surface area (Å²) in [5.74, 6) is -0.230. The van der Waals surface area contributed by atoms with Crippen LogP contribution in [0.2, 0.25) is 0 Å². The SMILES string of the molecule is Cc1nn(CCC(=O)Nc2sc3c(c2C#N)CCC3)c(C)c1[N+](=O)[O-]. The third-order valence-corrected chi connectivity index (χ3v) is 5.57. The second kappa shape index (κ2) is 6.64. The monoisotopic (exact) mass is 359 g/mol. The third-order valence-electron chi connectivity index (χ3n) is 4.36. The number of nitrogens with zero attached hydrogens (tertiary/aromatic N) is 4. The van der Waals surface area contributed by atoms with Crippen LogP contribution in [-0.2, 0) is 24.2 Å². The van der Waals surface area contributed by atoms with Gasteiger partial charge < -0.3 is 5.32 Å². The number of carbonyl (C=O) groups excluding carboxylic acids is 1. The van der Waals surface area contributed by atoms with Crippen LogP contribution >= 0.6 is 11.3 Å². The number of fused-ring (bicyclic) bond motifs is 1. The quantitative estimate of drug-likeness (QED) is 0.651. The summed E-state index contributed by atoms with van der Waals surface area (Å²) in [5, 5.41) is 27.9. The van der Waals surface area contributed by atoms with Gasteiger partial charge in [0.25, 0.3) is 0 Å². The zero-order valence-corrected chi connectivity index (χ0v) is 14.8. The molecule has 2 heterocycles. The van der Waals surface area contributed by atoms with E-state index in [4.69, 9.17) is 0 Å². The van der Waals surface area contributed by atoms with Crippen LogP contribution in [0.25, 0.3) is 0 Å². The molecule has 8 nitrogen and oxygen atoms in total. The molecule has 2 aromatic heterocycles. The number of aromatic nitrogens is 2. The van der Waals surface area contributed by atoms with E-state index in [2.05, 4.69) is 16.5 Å². The van der Waals surface area contributed by atoms with Gasteiger partial charge >= 0.3 is 5.69 Å². The molecule has 1 aliphatic rings. The number of nitriles is 1. The lowest BCUT2D eigenvalue weighted by molar-refractivity contribution is -0.386. The average molecular weight is 359 g/mol. The Balaban J connectivity index is 1.68. The Bertz CT molecular complexity index is 906. The molecule has 0 unspecified atom stereocenters. The van der Waals surface area contributed by atoms with Crippen molar-refractivity contribution in [2.75, 3.05) is 5.32 Å². The molecule has 0 fully saturated rings. The summed E-state index contributed by atoms with van der Waals surface area (Å²) < 4.78 is 1.48. The number of nitrogens with one attached hydrogen (secondary N) is 1. The van der Waals surface area contributed by atoms with E-state index in [1.54, 1.807) is 13.8 Å². The summed E-state index contributed by atoms with van der Waals surface area (Å²) >= 11 is 1.47. The van der Waals surface area contributed by atoms with E-state index in [0.29, 0.717) is 22.0 Å². The van der Waals surface area contributed by atoms with E-state index < -0.39 is 4.92 Å². The number of rotatable bonds is 5. The number of aryl methyl sites for hydroxylation is 3. The van der Waals surface area contributed by atoms with E-state index in [9.17, 15) is 20.2 Å². The molecule has 2 aromatic rings. The zero-order chi connectivity index (χ0) is 18.1. The molecule has 0 radical (unpaired) electrons. The third kappa shape index (κ3) is 3.13. The van der Waals surface area contributed by atoms with Gasteiger partial charge in [-0.05, 0) is 38.7 Å². The Morgan fingerprint density at radius 1 is 1.48 bits per heavy atom. The van der Waals surface area contributed by atoms with Gasteiger partial charge in [-0.3, -0.25) is 19.6 Å². The lowest BCUT2D eigenvalue weighted by atomic mass is 10.1. The number of hydrogen-bond donors (Lipinski definition) is 1. The van der Waals surface area contributed by atoms with E-state index in [1.165, 1.54) is 20.9 Å². The lowest BCUT2D eigenvalue weighted by Gasteiger charge is -2.05. The molecular formula is C16H17N5O3S. The van der Waals surface area contributed by atoms with Gasteiger partial charge in [-0.1, -0.05) is 0 Å². The van der Waals surface area contributed by atoms with Crippen molar-refractivity contribution in [2.24, 2.45) is 0 Å². The van der Waals surface area contributed by atoms with E-state index in [-0.39, 0.29) is 24.6 Å². The van der Waals surface area contributed by atoms with Crippen LogP contribution in [0.1, 0.15) is 40.2 Å². The van der Waals surface area contributed by atoms with Crippen molar-refractivity contribution < 1.29 is 9.72 Å². The number of amides is 1. The molecule has 0 spiro atoms. The number of anilines is 1. The molecule has 130 valence electrons. The topological polar surface area (TPSA) is 114 Å². The smallest absolute Gasteiger partial charge is 0.312 e. The number of carbonyl (C=O) groups is 1. The first-order valence-corrected chi connectivity index (χ1v) is 8.77. The highest BCUT2D eigenvalue weighted by atomic mass is 32.1. The Morgan fingerprint density at radius 2 is 2.24 bits per heavy atom. The molecule has 0 saturated carbocycles. The summed E-state index contributed by atoms with van der Waals surface area (Å²) in [6.45, 7) is 3.45. The normalized spacial score (nSPS) is 12.7. The minimum Gasteiger partial charge on any atom is -0.317 e. The first kappa shape index (κ1) is 17.1. The Labute approximate surface area is 148 Å². The van der Waals surface area contributed by atoms with Crippen LogP contribution in [0.4, 0.5) is 10.7 Å². The minimum atomic E-state index is -0.458. The molecule has 0 bridgehead atoms. The van der Waals surface area contributed by atoms with Crippen LogP contribution in [0, 0.1) is 35.3 Å². The van der Waals surface area contributed by atoms with Crippen molar-refractivity contribution in [3.05, 3.63) is 37.5 Å². The highest BCUT2D eigenvalue weighted by Gasteiger charge is 2.24. The number of hydrogen-bond acceptors (Lipinski definition) is 6. The van der Waals surface area contributed by atoms with Crippen molar-refractivity contribution in [3.63, 3.8) is 0 Å². The second-order valence-electron chi connectivity index (χ2n) is 5.97. The van der Waals surface area contributed by atoms with Gasteiger partial charge in [0, 0.05) is 11.3 Å². The van der Waals surface area contributed by atoms with Crippen molar-refractivity contribution in [1.29, 1.82) is 5.26 Å². The molecule has 25 heavy (non-hydrogen) atoms. The zero-order valence-electron chi connectivity index (χ0n) is 14.0. The average Bonchev–Trinajstić information content (AvgIpc) is 3.18. The van der Waals surface area contributed by atoms with Crippen molar-refractivity contribution in [3.8, 4) is 6.07 Å². The fraction of sp³-hybridized carbons (Fsp3) is 0.438. The molecular weight excluding hydrogens is 342 g/mol. The van der Waals surface area contributed by atoms with Gasteiger partial charge in [-0.25, -0.2) is 0 Å². The standard InChI is InChI=1S/C16H17N5O3S/c1-9-15(21(23)24)10(2)20(19-9)7-6-14(22)18-16-12(8-17)11-4-3-5-13(11)25-16/h3-7H2,1-2H3,(H,18,22). The van der Waals surface area contributed by atoms with Crippen LogP contribution in [0.5, 0.6) is 0 Å². The molecule has 1 N–H and O–H groups in total. The molecule has 0 atom stereocenters. The predicted molar refractivity (Wildman–Crippen MR) is 92.7 cm³/mol. The van der Waals surface area contributed by atoms with Crippen LogP contribution < -0.4 is 5.32 Å². The molecule has 9 heteroatoms. The molecule has 0 aromatic carbocycles. The highest BCUT2D eigenvalue weighted by Crippen LogP contribution is 2.38. The molecule has 0 aliphatic heterocycles. The second-order valence-corrected chi connectivity index (χ2v) is 7.08. The van der Waals surface area contributed by atoms with Crippen molar-refractivity contribution in [2.45, 2.75) is 46.1 Å². The van der Waals surface area contributed by atoms with Gasteiger partial charge in [-0.2, -0.15) is 10.4 Å². The first-order valence-electron chi connectivity index (χ1n) is 7.95. The maximum absolute atomic E-state index is 12.2. The Morgan fingerprint density at radius 3 is 2.88 bits per heavy atom. The van der Waals surface area contributed by atoms with E-state index in [0.717, 1.165) is 24.8 Å². The summed E-state index contributed by atoms with van der Waals surface area (Å²) in [5.41, 5.74) is 2.40. The fourth-order valence-corrected chi connectivity index (χ4v) is 4.43. The number of nitro groups is 1. The fourth-order valence-electron chi connectivity index (χ4n) is 3.18. The van der Waals surface area contributed by atoms with Gasteiger partial charge in [-0.15, -0.1) is 11.3 Å².